The average Bonchev–Trinajstić information content (AvgIpc) is 3.20. The first-order chi connectivity index (χ1) is 10.1. The highest BCUT2D eigenvalue weighted by Gasteiger charge is 2.31. The summed E-state index contributed by atoms with van der Waals surface area (Å²) in [6.45, 7) is 0.676. The summed E-state index contributed by atoms with van der Waals surface area (Å²) in [4.78, 5) is 1.46. The summed E-state index contributed by atoms with van der Waals surface area (Å²) in [5.74, 6) is 0. The lowest BCUT2D eigenvalue weighted by Gasteiger charge is -2.30. The molecule has 1 heterocycles. The minimum absolute atomic E-state index is 0.174. The second kappa shape index (κ2) is 6.36. The maximum absolute atomic E-state index is 12.9. The van der Waals surface area contributed by atoms with Crippen LogP contribution in [0.5, 0.6) is 0 Å². The van der Waals surface area contributed by atoms with Crippen LogP contribution in [0, 0.1) is 0 Å². The molecule has 0 aliphatic heterocycles. The summed E-state index contributed by atoms with van der Waals surface area (Å²) in [6, 6.07) is 2.54. The summed E-state index contributed by atoms with van der Waals surface area (Å²) in [5, 5.41) is 5.31. The molecule has 0 radical (unpaired) electrons. The Morgan fingerprint density at radius 1 is 1.24 bits per heavy atom. The Morgan fingerprint density at radius 2 is 1.95 bits per heavy atom. The van der Waals surface area contributed by atoms with E-state index in [0.29, 0.717) is 17.5 Å². The number of hydrogen-bond acceptors (Lipinski definition) is 4. The van der Waals surface area contributed by atoms with Crippen LogP contribution >= 0.6 is 11.3 Å². The predicted molar refractivity (Wildman–Crippen MR) is 86.0 cm³/mol. The van der Waals surface area contributed by atoms with Gasteiger partial charge in [-0.1, -0.05) is 19.3 Å². The molecular weight excluding hydrogens is 304 g/mol. The van der Waals surface area contributed by atoms with E-state index in [9.17, 15) is 8.42 Å². The summed E-state index contributed by atoms with van der Waals surface area (Å²) in [5.41, 5.74) is 0. The monoisotopic (exact) mass is 328 g/mol. The molecule has 2 aliphatic rings. The molecule has 118 valence electrons. The Morgan fingerprint density at radius 3 is 2.62 bits per heavy atom. The smallest absolute Gasteiger partial charge is 0.244 e. The number of thiophene rings is 1. The van der Waals surface area contributed by atoms with E-state index in [4.69, 9.17) is 0 Å². The minimum Gasteiger partial charge on any atom is -0.309 e. The van der Waals surface area contributed by atoms with E-state index in [-0.39, 0.29) is 6.04 Å². The average molecular weight is 329 g/mol. The molecule has 0 saturated heterocycles. The van der Waals surface area contributed by atoms with Gasteiger partial charge >= 0.3 is 0 Å². The van der Waals surface area contributed by atoms with Gasteiger partial charge in [0.1, 0.15) is 0 Å². The van der Waals surface area contributed by atoms with Crippen LogP contribution in [0.25, 0.3) is 0 Å². The van der Waals surface area contributed by atoms with Gasteiger partial charge in [0.2, 0.25) is 10.0 Å². The number of nitrogens with one attached hydrogen (secondary N) is 1. The molecule has 2 saturated carbocycles. The summed E-state index contributed by atoms with van der Waals surface area (Å²) in [6.07, 6.45) is 7.95. The van der Waals surface area contributed by atoms with Crippen LogP contribution in [-0.4, -0.2) is 31.9 Å². The Labute approximate surface area is 131 Å². The van der Waals surface area contributed by atoms with Gasteiger partial charge in [-0.25, -0.2) is 8.42 Å². The van der Waals surface area contributed by atoms with Crippen molar-refractivity contribution in [2.24, 2.45) is 0 Å². The van der Waals surface area contributed by atoms with Crippen molar-refractivity contribution in [2.75, 3.05) is 7.05 Å². The Bertz CT molecular complexity index is 572. The van der Waals surface area contributed by atoms with Crippen molar-refractivity contribution in [3.05, 3.63) is 16.3 Å². The molecule has 21 heavy (non-hydrogen) atoms. The van der Waals surface area contributed by atoms with Crippen molar-refractivity contribution >= 4 is 21.4 Å². The fourth-order valence-electron chi connectivity index (χ4n) is 3.01. The normalized spacial score (nSPS) is 21.0. The first-order valence-electron chi connectivity index (χ1n) is 7.87. The molecule has 0 bridgehead atoms. The van der Waals surface area contributed by atoms with Crippen LogP contribution in [0.4, 0.5) is 0 Å². The van der Waals surface area contributed by atoms with E-state index in [1.54, 1.807) is 28.8 Å². The number of rotatable bonds is 6. The van der Waals surface area contributed by atoms with Crippen molar-refractivity contribution in [3.63, 3.8) is 0 Å². The third-order valence-corrected chi connectivity index (χ3v) is 7.62. The first kappa shape index (κ1) is 15.5. The lowest BCUT2D eigenvalue weighted by Crippen LogP contribution is -2.38. The van der Waals surface area contributed by atoms with Crippen LogP contribution < -0.4 is 5.32 Å². The molecule has 1 aromatic heterocycles. The van der Waals surface area contributed by atoms with Crippen molar-refractivity contribution in [2.45, 2.75) is 68.5 Å². The summed E-state index contributed by atoms with van der Waals surface area (Å²) < 4.78 is 27.4. The van der Waals surface area contributed by atoms with Crippen LogP contribution in [-0.2, 0) is 16.6 Å². The predicted octanol–water partition coefficient (Wildman–Crippen LogP) is 2.95. The van der Waals surface area contributed by atoms with Crippen LogP contribution in [0.1, 0.15) is 49.8 Å². The molecule has 2 aliphatic carbocycles. The third kappa shape index (κ3) is 3.50. The van der Waals surface area contributed by atoms with Crippen molar-refractivity contribution in [1.29, 1.82) is 0 Å². The fraction of sp³-hybridized carbons (Fsp3) is 0.733. The largest absolute Gasteiger partial charge is 0.309 e. The number of sulfonamides is 1. The highest BCUT2D eigenvalue weighted by molar-refractivity contribution is 7.89. The zero-order valence-corrected chi connectivity index (χ0v) is 14.2. The lowest BCUT2D eigenvalue weighted by atomic mass is 9.96. The second-order valence-electron chi connectivity index (χ2n) is 6.18. The molecule has 6 heteroatoms. The molecule has 0 spiro atoms. The Balaban J connectivity index is 1.75. The number of hydrogen-bond donors (Lipinski definition) is 1. The first-order valence-corrected chi connectivity index (χ1v) is 10.2. The maximum atomic E-state index is 12.9. The molecule has 3 rings (SSSR count). The molecule has 4 nitrogen and oxygen atoms in total. The molecule has 0 atom stereocenters. The van der Waals surface area contributed by atoms with Gasteiger partial charge in [-0.05, 0) is 37.1 Å². The van der Waals surface area contributed by atoms with E-state index in [1.807, 2.05) is 5.38 Å². The van der Waals surface area contributed by atoms with Gasteiger partial charge in [0.25, 0.3) is 0 Å². The van der Waals surface area contributed by atoms with Gasteiger partial charge < -0.3 is 5.32 Å². The zero-order valence-electron chi connectivity index (χ0n) is 12.5. The summed E-state index contributed by atoms with van der Waals surface area (Å²) >= 11 is 1.54. The second-order valence-corrected chi connectivity index (χ2v) is 9.14. The van der Waals surface area contributed by atoms with Crippen LogP contribution in [0.3, 0.4) is 0 Å². The molecule has 2 fully saturated rings. The van der Waals surface area contributed by atoms with Crippen LogP contribution in [0.2, 0.25) is 0 Å². The van der Waals surface area contributed by atoms with Gasteiger partial charge in [-0.3, -0.25) is 0 Å². The van der Waals surface area contributed by atoms with E-state index < -0.39 is 10.0 Å². The van der Waals surface area contributed by atoms with E-state index >= 15 is 0 Å². The molecule has 0 amide bonds. The third-order valence-electron chi connectivity index (χ3n) is 4.58. The van der Waals surface area contributed by atoms with Crippen molar-refractivity contribution in [1.82, 2.24) is 9.62 Å². The van der Waals surface area contributed by atoms with Gasteiger partial charge in [0, 0.05) is 30.6 Å². The SMILES string of the molecule is CN(C1CCCCC1)S(=O)(=O)c1ccsc1CNC1CC1. The Kier molecular flexibility index (Phi) is 4.69. The molecule has 1 aromatic rings. The summed E-state index contributed by atoms with van der Waals surface area (Å²) in [7, 11) is -1.60. The lowest BCUT2D eigenvalue weighted by molar-refractivity contribution is 0.285. The molecular formula is C15H24N2O2S2. The zero-order chi connectivity index (χ0) is 14.9. The van der Waals surface area contributed by atoms with Gasteiger partial charge in [0.15, 0.2) is 0 Å². The van der Waals surface area contributed by atoms with Crippen molar-refractivity contribution < 1.29 is 8.42 Å². The number of nitrogens with zero attached hydrogens (tertiary/aromatic N) is 1. The standard InChI is InChI=1S/C15H24N2O2S2/c1-17(13-5-3-2-4-6-13)21(18,19)15-9-10-20-14(15)11-16-12-7-8-12/h9-10,12-13,16H,2-8,11H2,1H3. The highest BCUT2D eigenvalue weighted by atomic mass is 32.2. The van der Waals surface area contributed by atoms with Crippen molar-refractivity contribution in [3.8, 4) is 0 Å². The fourth-order valence-corrected chi connectivity index (χ4v) is 5.79. The quantitative estimate of drug-likeness (QED) is 0.873. The van der Waals surface area contributed by atoms with Gasteiger partial charge in [-0.2, -0.15) is 4.31 Å². The van der Waals surface area contributed by atoms with E-state index in [2.05, 4.69) is 5.32 Å². The van der Waals surface area contributed by atoms with E-state index in [1.165, 1.54) is 19.3 Å². The van der Waals surface area contributed by atoms with Crippen LogP contribution in [0.15, 0.2) is 16.3 Å². The van der Waals surface area contributed by atoms with Gasteiger partial charge in [0.05, 0.1) is 4.90 Å². The molecule has 1 N–H and O–H groups in total. The minimum atomic E-state index is -3.35. The van der Waals surface area contributed by atoms with Gasteiger partial charge in [-0.15, -0.1) is 11.3 Å². The molecule has 0 aromatic carbocycles. The topological polar surface area (TPSA) is 49.4 Å². The molecule has 0 unspecified atom stereocenters. The van der Waals surface area contributed by atoms with E-state index in [0.717, 1.165) is 30.6 Å². The maximum Gasteiger partial charge on any atom is 0.244 e. The Hall–Kier alpha value is -0.430. The highest BCUT2D eigenvalue weighted by Crippen LogP contribution is 2.30.